The maximum absolute atomic E-state index is 12.2. The zero-order valence-electron chi connectivity index (χ0n) is 10.3. The maximum Gasteiger partial charge on any atom is 0.225 e. The second-order valence-electron chi connectivity index (χ2n) is 5.25. The van der Waals surface area contributed by atoms with Crippen molar-refractivity contribution in [3.05, 3.63) is 0 Å². The zero-order valence-corrected chi connectivity index (χ0v) is 10.3. The molecule has 1 amide bonds. The molecule has 0 aromatic heterocycles. The normalized spacial score (nSPS) is 30.1. The van der Waals surface area contributed by atoms with Crippen LogP contribution < -0.4 is 5.73 Å². The van der Waals surface area contributed by atoms with Gasteiger partial charge in [0, 0.05) is 18.5 Å². The molecule has 0 heterocycles. The second-order valence-corrected chi connectivity index (χ2v) is 5.25. The Labute approximate surface area is 98.4 Å². The fraction of sp³-hybridized carbons (Fsp3) is 0.923. The molecule has 2 rings (SSSR count). The van der Waals surface area contributed by atoms with E-state index in [1.54, 1.807) is 0 Å². The largest absolute Gasteiger partial charge is 0.339 e. The molecule has 3 heteroatoms. The second kappa shape index (κ2) is 5.17. The number of carbonyl (C=O) groups is 1. The molecule has 3 nitrogen and oxygen atoms in total. The van der Waals surface area contributed by atoms with Crippen molar-refractivity contribution in [3.63, 3.8) is 0 Å². The quantitative estimate of drug-likeness (QED) is 0.791. The highest BCUT2D eigenvalue weighted by Crippen LogP contribution is 2.35. The minimum atomic E-state index is 0.348. The molecule has 0 saturated heterocycles. The summed E-state index contributed by atoms with van der Waals surface area (Å²) in [7, 11) is 0. The van der Waals surface area contributed by atoms with Gasteiger partial charge in [0.25, 0.3) is 0 Å². The summed E-state index contributed by atoms with van der Waals surface area (Å²) in [5.74, 6) is 1.28. The topological polar surface area (TPSA) is 46.3 Å². The summed E-state index contributed by atoms with van der Waals surface area (Å²) in [5.41, 5.74) is 5.84. The SMILES string of the molecule is CCN(C(=O)C1CC1)C1CCCCC1CN. The predicted molar refractivity (Wildman–Crippen MR) is 64.9 cm³/mol. The Morgan fingerprint density at radius 2 is 1.94 bits per heavy atom. The van der Waals surface area contributed by atoms with Crippen molar-refractivity contribution in [2.24, 2.45) is 17.6 Å². The molecule has 16 heavy (non-hydrogen) atoms. The number of carbonyl (C=O) groups excluding carboxylic acids is 1. The monoisotopic (exact) mass is 224 g/mol. The van der Waals surface area contributed by atoms with Crippen molar-refractivity contribution < 1.29 is 4.79 Å². The average molecular weight is 224 g/mol. The van der Waals surface area contributed by atoms with Crippen LogP contribution in [0.25, 0.3) is 0 Å². The van der Waals surface area contributed by atoms with Gasteiger partial charge in [-0.25, -0.2) is 0 Å². The van der Waals surface area contributed by atoms with Gasteiger partial charge in [-0.3, -0.25) is 4.79 Å². The standard InChI is InChI=1S/C13H24N2O/c1-2-15(13(16)10-7-8-10)12-6-4-3-5-11(12)9-14/h10-12H,2-9,14H2,1H3. The highest BCUT2D eigenvalue weighted by Gasteiger charge is 2.38. The number of nitrogens with zero attached hydrogens (tertiary/aromatic N) is 1. The van der Waals surface area contributed by atoms with Crippen LogP contribution in [0.3, 0.4) is 0 Å². The molecular formula is C13H24N2O. The van der Waals surface area contributed by atoms with Crippen LogP contribution in [0.5, 0.6) is 0 Å². The predicted octanol–water partition coefficient (Wildman–Crippen LogP) is 1.76. The van der Waals surface area contributed by atoms with Crippen molar-refractivity contribution in [3.8, 4) is 0 Å². The van der Waals surface area contributed by atoms with E-state index >= 15 is 0 Å². The number of amides is 1. The first-order chi connectivity index (χ1) is 7.77. The van der Waals surface area contributed by atoms with Crippen LogP contribution in [-0.4, -0.2) is 29.9 Å². The molecule has 2 aliphatic carbocycles. The first-order valence-electron chi connectivity index (χ1n) is 6.78. The molecule has 2 unspecified atom stereocenters. The smallest absolute Gasteiger partial charge is 0.225 e. The third kappa shape index (κ3) is 2.40. The zero-order chi connectivity index (χ0) is 11.5. The molecule has 0 aromatic rings. The number of hydrogen-bond acceptors (Lipinski definition) is 2. The Morgan fingerprint density at radius 3 is 2.50 bits per heavy atom. The van der Waals surface area contributed by atoms with Crippen molar-refractivity contribution in [1.29, 1.82) is 0 Å². The van der Waals surface area contributed by atoms with Crippen LogP contribution in [0, 0.1) is 11.8 Å². The van der Waals surface area contributed by atoms with Gasteiger partial charge in [-0.1, -0.05) is 12.8 Å². The Kier molecular flexibility index (Phi) is 3.85. The van der Waals surface area contributed by atoms with Gasteiger partial charge in [0.05, 0.1) is 0 Å². The lowest BCUT2D eigenvalue weighted by Gasteiger charge is -2.39. The first kappa shape index (κ1) is 11.9. The maximum atomic E-state index is 12.2. The van der Waals surface area contributed by atoms with Gasteiger partial charge < -0.3 is 10.6 Å². The van der Waals surface area contributed by atoms with Crippen LogP contribution in [-0.2, 0) is 4.79 Å². The number of rotatable bonds is 4. The fourth-order valence-electron chi connectivity index (χ4n) is 2.99. The van der Waals surface area contributed by atoms with E-state index in [0.717, 1.165) is 32.4 Å². The summed E-state index contributed by atoms with van der Waals surface area (Å²) < 4.78 is 0. The summed E-state index contributed by atoms with van der Waals surface area (Å²) in [6.45, 7) is 3.69. The van der Waals surface area contributed by atoms with E-state index < -0.39 is 0 Å². The summed E-state index contributed by atoms with van der Waals surface area (Å²) in [4.78, 5) is 14.3. The number of nitrogens with two attached hydrogens (primary N) is 1. The summed E-state index contributed by atoms with van der Waals surface area (Å²) >= 11 is 0. The Bertz CT molecular complexity index is 250. The molecule has 2 N–H and O–H groups in total. The van der Waals surface area contributed by atoms with Gasteiger partial charge in [0.15, 0.2) is 0 Å². The highest BCUT2D eigenvalue weighted by molar-refractivity contribution is 5.81. The Hall–Kier alpha value is -0.570. The van der Waals surface area contributed by atoms with Crippen LogP contribution in [0.15, 0.2) is 0 Å². The summed E-state index contributed by atoms with van der Waals surface area (Å²) in [6, 6.07) is 0.428. The molecule has 0 aliphatic heterocycles. The lowest BCUT2D eigenvalue weighted by Crippen LogP contribution is -2.48. The fourth-order valence-corrected chi connectivity index (χ4v) is 2.99. The molecule has 0 radical (unpaired) electrons. The van der Waals surface area contributed by atoms with Crippen molar-refractivity contribution in [1.82, 2.24) is 4.90 Å². The lowest BCUT2D eigenvalue weighted by atomic mass is 9.83. The minimum Gasteiger partial charge on any atom is -0.339 e. The molecule has 0 aromatic carbocycles. The van der Waals surface area contributed by atoms with Crippen molar-refractivity contribution in [2.45, 2.75) is 51.5 Å². The van der Waals surface area contributed by atoms with Gasteiger partial charge in [-0.05, 0) is 45.1 Å². The number of hydrogen-bond donors (Lipinski definition) is 1. The first-order valence-corrected chi connectivity index (χ1v) is 6.78. The van der Waals surface area contributed by atoms with Gasteiger partial charge in [-0.15, -0.1) is 0 Å². The molecular weight excluding hydrogens is 200 g/mol. The van der Waals surface area contributed by atoms with Crippen LogP contribution in [0.2, 0.25) is 0 Å². The van der Waals surface area contributed by atoms with E-state index in [0.29, 0.717) is 23.8 Å². The Morgan fingerprint density at radius 1 is 1.25 bits per heavy atom. The third-order valence-corrected chi connectivity index (χ3v) is 4.12. The van der Waals surface area contributed by atoms with Crippen molar-refractivity contribution >= 4 is 5.91 Å². The molecule has 0 spiro atoms. The van der Waals surface area contributed by atoms with E-state index in [4.69, 9.17) is 5.73 Å². The van der Waals surface area contributed by atoms with E-state index in [1.807, 2.05) is 0 Å². The molecule has 92 valence electrons. The minimum absolute atomic E-state index is 0.348. The Balaban J connectivity index is 2.02. The molecule has 2 atom stereocenters. The van der Waals surface area contributed by atoms with Gasteiger partial charge in [-0.2, -0.15) is 0 Å². The van der Waals surface area contributed by atoms with E-state index in [-0.39, 0.29) is 0 Å². The molecule has 2 fully saturated rings. The highest BCUT2D eigenvalue weighted by atomic mass is 16.2. The van der Waals surface area contributed by atoms with Crippen molar-refractivity contribution in [2.75, 3.05) is 13.1 Å². The molecule has 2 aliphatic rings. The van der Waals surface area contributed by atoms with Gasteiger partial charge in [0.1, 0.15) is 0 Å². The lowest BCUT2D eigenvalue weighted by molar-refractivity contribution is -0.136. The van der Waals surface area contributed by atoms with E-state index in [9.17, 15) is 4.79 Å². The van der Waals surface area contributed by atoms with Crippen LogP contribution >= 0.6 is 0 Å². The van der Waals surface area contributed by atoms with E-state index in [2.05, 4.69) is 11.8 Å². The van der Waals surface area contributed by atoms with Crippen LogP contribution in [0.4, 0.5) is 0 Å². The van der Waals surface area contributed by atoms with Gasteiger partial charge in [0.2, 0.25) is 5.91 Å². The molecule has 0 bridgehead atoms. The van der Waals surface area contributed by atoms with Crippen LogP contribution in [0.1, 0.15) is 45.4 Å². The van der Waals surface area contributed by atoms with Gasteiger partial charge >= 0.3 is 0 Å². The average Bonchev–Trinajstić information content (AvgIpc) is 3.14. The molecule has 2 saturated carbocycles. The summed E-state index contributed by atoms with van der Waals surface area (Å²) in [6.07, 6.45) is 7.12. The summed E-state index contributed by atoms with van der Waals surface area (Å²) in [5, 5.41) is 0. The van der Waals surface area contributed by atoms with E-state index in [1.165, 1.54) is 19.3 Å². The third-order valence-electron chi connectivity index (χ3n) is 4.12.